The molecule has 0 aliphatic carbocycles. The molecule has 1 saturated heterocycles. The number of pyridine rings is 1. The van der Waals surface area contributed by atoms with Crippen LogP contribution in [-0.2, 0) is 0 Å². The Labute approximate surface area is 119 Å². The van der Waals surface area contributed by atoms with Crippen LogP contribution in [0.25, 0.3) is 11.4 Å². The summed E-state index contributed by atoms with van der Waals surface area (Å²) in [7, 11) is 2.10. The standard InChI is InChI=1S/C15H19N5/c1-20(12-7-10-16-11-8-12)15-6-5-14(18-19-15)13-4-2-3-9-17-13/h2-6,9,12,16H,7-8,10-11H2,1H3. The first-order valence-corrected chi connectivity index (χ1v) is 7.03. The third-order valence-corrected chi connectivity index (χ3v) is 3.80. The van der Waals surface area contributed by atoms with E-state index in [0.717, 1.165) is 43.1 Å². The molecule has 2 aromatic heterocycles. The molecule has 0 aromatic carbocycles. The van der Waals surface area contributed by atoms with Crippen molar-refractivity contribution in [2.45, 2.75) is 18.9 Å². The van der Waals surface area contributed by atoms with E-state index in [0.29, 0.717) is 6.04 Å². The number of hydrogen-bond acceptors (Lipinski definition) is 5. The molecule has 1 aliphatic heterocycles. The molecule has 5 nitrogen and oxygen atoms in total. The maximum Gasteiger partial charge on any atom is 0.151 e. The Bertz CT molecular complexity index is 534. The van der Waals surface area contributed by atoms with Gasteiger partial charge in [-0.2, -0.15) is 0 Å². The van der Waals surface area contributed by atoms with Gasteiger partial charge in [0, 0.05) is 19.3 Å². The first kappa shape index (κ1) is 13.0. The lowest BCUT2D eigenvalue weighted by molar-refractivity contribution is 0.441. The van der Waals surface area contributed by atoms with Crippen LogP contribution in [0.2, 0.25) is 0 Å². The maximum absolute atomic E-state index is 4.35. The van der Waals surface area contributed by atoms with Crippen molar-refractivity contribution in [2.24, 2.45) is 0 Å². The number of rotatable bonds is 3. The topological polar surface area (TPSA) is 53.9 Å². The molecule has 3 rings (SSSR count). The predicted octanol–water partition coefficient (Wildman–Crippen LogP) is 1.73. The molecule has 1 fully saturated rings. The van der Waals surface area contributed by atoms with Crippen LogP contribution < -0.4 is 10.2 Å². The summed E-state index contributed by atoms with van der Waals surface area (Å²) in [5.74, 6) is 0.927. The van der Waals surface area contributed by atoms with Gasteiger partial charge in [-0.1, -0.05) is 6.07 Å². The molecule has 1 N–H and O–H groups in total. The molecule has 104 valence electrons. The van der Waals surface area contributed by atoms with Gasteiger partial charge in [0.15, 0.2) is 5.82 Å². The molecule has 0 unspecified atom stereocenters. The molecule has 1 aliphatic rings. The maximum atomic E-state index is 4.35. The Balaban J connectivity index is 1.75. The van der Waals surface area contributed by atoms with Gasteiger partial charge < -0.3 is 10.2 Å². The Kier molecular flexibility index (Phi) is 3.87. The van der Waals surface area contributed by atoms with E-state index in [1.165, 1.54) is 0 Å². The van der Waals surface area contributed by atoms with E-state index in [1.807, 2.05) is 30.3 Å². The predicted molar refractivity (Wildman–Crippen MR) is 79.6 cm³/mol. The summed E-state index contributed by atoms with van der Waals surface area (Å²) >= 11 is 0. The minimum absolute atomic E-state index is 0.547. The van der Waals surface area contributed by atoms with E-state index in [9.17, 15) is 0 Å². The zero-order valence-electron chi connectivity index (χ0n) is 11.7. The number of nitrogens with one attached hydrogen (secondary N) is 1. The Morgan fingerprint density at radius 1 is 1.05 bits per heavy atom. The van der Waals surface area contributed by atoms with Crippen LogP contribution >= 0.6 is 0 Å². The molecule has 0 radical (unpaired) electrons. The Morgan fingerprint density at radius 2 is 1.90 bits per heavy atom. The summed E-state index contributed by atoms with van der Waals surface area (Å²) in [6, 6.07) is 10.4. The zero-order chi connectivity index (χ0) is 13.8. The zero-order valence-corrected chi connectivity index (χ0v) is 11.7. The lowest BCUT2D eigenvalue weighted by atomic mass is 10.1. The van der Waals surface area contributed by atoms with Crippen molar-refractivity contribution < 1.29 is 0 Å². The quantitative estimate of drug-likeness (QED) is 0.919. The lowest BCUT2D eigenvalue weighted by Gasteiger charge is -2.32. The fourth-order valence-electron chi connectivity index (χ4n) is 2.55. The Morgan fingerprint density at radius 3 is 2.55 bits per heavy atom. The van der Waals surface area contributed by atoms with Crippen molar-refractivity contribution >= 4 is 5.82 Å². The van der Waals surface area contributed by atoms with Crippen LogP contribution in [0.3, 0.4) is 0 Å². The highest BCUT2D eigenvalue weighted by Crippen LogP contribution is 2.19. The molecule has 0 saturated carbocycles. The third-order valence-electron chi connectivity index (χ3n) is 3.80. The van der Waals surface area contributed by atoms with Gasteiger partial charge in [0.1, 0.15) is 5.69 Å². The van der Waals surface area contributed by atoms with E-state index < -0.39 is 0 Å². The summed E-state index contributed by atoms with van der Waals surface area (Å²) in [5, 5.41) is 12.0. The minimum Gasteiger partial charge on any atom is -0.355 e. The van der Waals surface area contributed by atoms with Gasteiger partial charge >= 0.3 is 0 Å². The highest BCUT2D eigenvalue weighted by molar-refractivity contribution is 5.54. The van der Waals surface area contributed by atoms with Crippen LogP contribution in [0.1, 0.15) is 12.8 Å². The largest absolute Gasteiger partial charge is 0.355 e. The number of anilines is 1. The van der Waals surface area contributed by atoms with Gasteiger partial charge in [0.25, 0.3) is 0 Å². The fourth-order valence-corrected chi connectivity index (χ4v) is 2.55. The van der Waals surface area contributed by atoms with Crippen molar-refractivity contribution in [2.75, 3.05) is 25.0 Å². The smallest absolute Gasteiger partial charge is 0.151 e. The van der Waals surface area contributed by atoms with Gasteiger partial charge in [-0.25, -0.2) is 0 Å². The van der Waals surface area contributed by atoms with Gasteiger partial charge in [0.2, 0.25) is 0 Å². The summed E-state index contributed by atoms with van der Waals surface area (Å²) in [5.41, 5.74) is 1.67. The summed E-state index contributed by atoms with van der Waals surface area (Å²) in [6.07, 6.45) is 4.08. The first-order valence-electron chi connectivity index (χ1n) is 7.03. The molecule has 3 heterocycles. The highest BCUT2D eigenvalue weighted by atomic mass is 15.3. The lowest BCUT2D eigenvalue weighted by Crippen LogP contribution is -2.41. The van der Waals surface area contributed by atoms with E-state index in [2.05, 4.69) is 32.4 Å². The number of nitrogens with zero attached hydrogens (tertiary/aromatic N) is 4. The molecule has 5 heteroatoms. The van der Waals surface area contributed by atoms with Gasteiger partial charge in [-0.3, -0.25) is 4.98 Å². The van der Waals surface area contributed by atoms with E-state index in [4.69, 9.17) is 0 Å². The molecule has 0 spiro atoms. The SMILES string of the molecule is CN(c1ccc(-c2ccccn2)nn1)C1CCNCC1. The second kappa shape index (κ2) is 5.96. The minimum atomic E-state index is 0.547. The summed E-state index contributed by atoms with van der Waals surface area (Å²) in [6.45, 7) is 2.16. The van der Waals surface area contributed by atoms with Gasteiger partial charge in [-0.15, -0.1) is 10.2 Å². The van der Waals surface area contributed by atoms with Crippen LogP contribution in [0.15, 0.2) is 36.5 Å². The molecule has 20 heavy (non-hydrogen) atoms. The average Bonchev–Trinajstić information content (AvgIpc) is 2.56. The van der Waals surface area contributed by atoms with Crippen molar-refractivity contribution in [1.29, 1.82) is 0 Å². The highest BCUT2D eigenvalue weighted by Gasteiger charge is 2.19. The van der Waals surface area contributed by atoms with E-state index in [1.54, 1.807) is 6.20 Å². The molecule has 2 aromatic rings. The fraction of sp³-hybridized carbons (Fsp3) is 0.400. The number of hydrogen-bond donors (Lipinski definition) is 1. The number of piperidine rings is 1. The van der Waals surface area contributed by atoms with Crippen molar-refractivity contribution in [1.82, 2.24) is 20.5 Å². The number of aromatic nitrogens is 3. The molecular formula is C15H19N5. The molecular weight excluding hydrogens is 250 g/mol. The van der Waals surface area contributed by atoms with Crippen LogP contribution in [0.5, 0.6) is 0 Å². The van der Waals surface area contributed by atoms with Gasteiger partial charge in [0.05, 0.1) is 5.69 Å². The van der Waals surface area contributed by atoms with Crippen LogP contribution in [0.4, 0.5) is 5.82 Å². The van der Waals surface area contributed by atoms with Gasteiger partial charge in [-0.05, 0) is 50.2 Å². The average molecular weight is 269 g/mol. The van der Waals surface area contributed by atoms with Crippen LogP contribution in [-0.4, -0.2) is 41.4 Å². The summed E-state index contributed by atoms with van der Waals surface area (Å²) < 4.78 is 0. The van der Waals surface area contributed by atoms with Crippen LogP contribution in [0, 0.1) is 0 Å². The van der Waals surface area contributed by atoms with Crippen molar-refractivity contribution in [3.63, 3.8) is 0 Å². The molecule has 0 bridgehead atoms. The summed E-state index contributed by atoms with van der Waals surface area (Å²) in [4.78, 5) is 6.52. The normalized spacial score (nSPS) is 16.1. The third kappa shape index (κ3) is 2.77. The van der Waals surface area contributed by atoms with Crippen molar-refractivity contribution in [3.05, 3.63) is 36.5 Å². The van der Waals surface area contributed by atoms with Crippen molar-refractivity contribution in [3.8, 4) is 11.4 Å². The second-order valence-corrected chi connectivity index (χ2v) is 5.08. The van der Waals surface area contributed by atoms with E-state index >= 15 is 0 Å². The molecule has 0 atom stereocenters. The second-order valence-electron chi connectivity index (χ2n) is 5.08. The van der Waals surface area contributed by atoms with E-state index in [-0.39, 0.29) is 0 Å². The monoisotopic (exact) mass is 269 g/mol. The molecule has 0 amide bonds. The first-order chi connectivity index (χ1) is 9.84. The Hall–Kier alpha value is -2.01.